The maximum absolute atomic E-state index is 11.2. The highest BCUT2D eigenvalue weighted by Crippen LogP contribution is 2.39. The third kappa shape index (κ3) is 1.50. The predicted molar refractivity (Wildman–Crippen MR) is 57.8 cm³/mol. The van der Waals surface area contributed by atoms with E-state index in [1.54, 1.807) is 0 Å². The number of benzene rings is 1. The summed E-state index contributed by atoms with van der Waals surface area (Å²) < 4.78 is 11.2. The first-order chi connectivity index (χ1) is 7.84. The summed E-state index contributed by atoms with van der Waals surface area (Å²) in [7, 11) is 0. The molecule has 0 bridgehead atoms. The number of ether oxygens (including phenoxy) is 2. The van der Waals surface area contributed by atoms with Gasteiger partial charge in [0.25, 0.3) is 0 Å². The lowest BCUT2D eigenvalue weighted by atomic mass is 9.96. The van der Waals surface area contributed by atoms with Crippen LogP contribution in [-0.2, 0) is 4.79 Å². The molecule has 2 heterocycles. The molecule has 0 aromatic heterocycles. The molecular weight excluding hydrogens is 206 g/mol. The molecule has 0 aliphatic carbocycles. The van der Waals surface area contributed by atoms with Crippen LogP contribution in [0.1, 0.15) is 17.9 Å². The van der Waals surface area contributed by atoms with Gasteiger partial charge in [0.15, 0.2) is 11.5 Å². The SMILES string of the molecule is O=C1CC(c2cccc3c2OCCO3)CN1. The van der Waals surface area contributed by atoms with Crippen LogP contribution in [0.2, 0.25) is 0 Å². The molecule has 0 saturated carbocycles. The molecule has 0 spiro atoms. The highest BCUT2D eigenvalue weighted by Gasteiger charge is 2.28. The lowest BCUT2D eigenvalue weighted by Crippen LogP contribution is -2.18. The van der Waals surface area contributed by atoms with Gasteiger partial charge in [-0.25, -0.2) is 0 Å². The van der Waals surface area contributed by atoms with E-state index in [1.165, 1.54) is 0 Å². The molecule has 2 aliphatic rings. The molecule has 1 saturated heterocycles. The smallest absolute Gasteiger partial charge is 0.220 e. The van der Waals surface area contributed by atoms with Crippen LogP contribution < -0.4 is 14.8 Å². The fourth-order valence-corrected chi connectivity index (χ4v) is 2.24. The van der Waals surface area contributed by atoms with Crippen molar-refractivity contribution in [1.82, 2.24) is 5.32 Å². The second kappa shape index (κ2) is 3.70. The Bertz CT molecular complexity index is 430. The second-order valence-corrected chi connectivity index (χ2v) is 4.08. The Balaban J connectivity index is 1.97. The van der Waals surface area contributed by atoms with Crippen molar-refractivity contribution in [3.63, 3.8) is 0 Å². The minimum atomic E-state index is 0.110. The standard InChI is InChI=1S/C12H13NO3/c14-11-6-8(7-13-11)9-2-1-3-10-12(9)16-5-4-15-10/h1-3,8H,4-7H2,(H,13,14). The first-order valence-corrected chi connectivity index (χ1v) is 5.50. The summed E-state index contributed by atoms with van der Waals surface area (Å²) >= 11 is 0. The largest absolute Gasteiger partial charge is 0.486 e. The third-order valence-electron chi connectivity index (χ3n) is 3.01. The Hall–Kier alpha value is -1.71. The highest BCUT2D eigenvalue weighted by atomic mass is 16.6. The van der Waals surface area contributed by atoms with E-state index in [2.05, 4.69) is 5.32 Å². The van der Waals surface area contributed by atoms with E-state index in [-0.39, 0.29) is 11.8 Å². The molecular formula is C12H13NO3. The molecule has 4 heteroatoms. The predicted octanol–water partition coefficient (Wildman–Crippen LogP) is 1.06. The van der Waals surface area contributed by atoms with Crippen LogP contribution in [0.25, 0.3) is 0 Å². The first-order valence-electron chi connectivity index (χ1n) is 5.50. The number of carbonyl (C=O) groups excluding carboxylic acids is 1. The van der Waals surface area contributed by atoms with E-state index in [9.17, 15) is 4.79 Å². The van der Waals surface area contributed by atoms with Crippen molar-refractivity contribution in [2.75, 3.05) is 19.8 Å². The molecule has 84 valence electrons. The average molecular weight is 219 g/mol. The number of rotatable bonds is 1. The quantitative estimate of drug-likeness (QED) is 0.768. The van der Waals surface area contributed by atoms with Gasteiger partial charge in [0, 0.05) is 24.4 Å². The number of fused-ring (bicyclic) bond motifs is 1. The Labute approximate surface area is 93.5 Å². The summed E-state index contributed by atoms with van der Waals surface area (Å²) in [6.45, 7) is 1.87. The minimum Gasteiger partial charge on any atom is -0.486 e. The zero-order chi connectivity index (χ0) is 11.0. The van der Waals surface area contributed by atoms with E-state index in [0.717, 1.165) is 17.1 Å². The number of carbonyl (C=O) groups is 1. The molecule has 1 fully saturated rings. The van der Waals surface area contributed by atoms with Crippen LogP contribution in [0.15, 0.2) is 18.2 Å². The fourth-order valence-electron chi connectivity index (χ4n) is 2.24. The Morgan fingerprint density at radius 3 is 2.94 bits per heavy atom. The van der Waals surface area contributed by atoms with Gasteiger partial charge in [0.1, 0.15) is 13.2 Å². The summed E-state index contributed by atoms with van der Waals surface area (Å²) in [5.74, 6) is 1.93. The molecule has 1 N–H and O–H groups in total. The van der Waals surface area contributed by atoms with E-state index in [0.29, 0.717) is 26.2 Å². The van der Waals surface area contributed by atoms with Crippen LogP contribution in [0.3, 0.4) is 0 Å². The van der Waals surface area contributed by atoms with E-state index in [1.807, 2.05) is 18.2 Å². The molecule has 1 aromatic rings. The average Bonchev–Trinajstić information content (AvgIpc) is 2.75. The number of para-hydroxylation sites is 1. The van der Waals surface area contributed by atoms with Crippen molar-refractivity contribution in [3.05, 3.63) is 23.8 Å². The molecule has 1 atom stereocenters. The van der Waals surface area contributed by atoms with Crippen LogP contribution in [0, 0.1) is 0 Å². The van der Waals surface area contributed by atoms with Gasteiger partial charge in [-0.15, -0.1) is 0 Å². The zero-order valence-corrected chi connectivity index (χ0v) is 8.86. The Morgan fingerprint density at radius 2 is 2.12 bits per heavy atom. The molecule has 4 nitrogen and oxygen atoms in total. The van der Waals surface area contributed by atoms with Gasteiger partial charge in [-0.1, -0.05) is 12.1 Å². The van der Waals surface area contributed by atoms with Crippen molar-refractivity contribution in [3.8, 4) is 11.5 Å². The van der Waals surface area contributed by atoms with Gasteiger partial charge in [-0.3, -0.25) is 4.79 Å². The Morgan fingerprint density at radius 1 is 1.25 bits per heavy atom. The van der Waals surface area contributed by atoms with Gasteiger partial charge in [0.2, 0.25) is 5.91 Å². The van der Waals surface area contributed by atoms with Gasteiger partial charge in [0.05, 0.1) is 0 Å². The number of amides is 1. The number of hydrogen-bond acceptors (Lipinski definition) is 3. The summed E-state index contributed by atoms with van der Waals surface area (Å²) in [4.78, 5) is 11.2. The molecule has 16 heavy (non-hydrogen) atoms. The summed E-state index contributed by atoms with van der Waals surface area (Å²) in [5.41, 5.74) is 1.08. The topological polar surface area (TPSA) is 47.6 Å². The van der Waals surface area contributed by atoms with Crippen molar-refractivity contribution >= 4 is 5.91 Å². The first kappa shape index (κ1) is 9.51. The van der Waals surface area contributed by atoms with Gasteiger partial charge < -0.3 is 14.8 Å². The summed E-state index contributed by atoms with van der Waals surface area (Å²) in [6, 6.07) is 5.87. The van der Waals surface area contributed by atoms with Gasteiger partial charge >= 0.3 is 0 Å². The molecule has 1 amide bonds. The van der Waals surface area contributed by atoms with Gasteiger partial charge in [-0.2, -0.15) is 0 Å². The molecule has 0 radical (unpaired) electrons. The van der Waals surface area contributed by atoms with E-state index >= 15 is 0 Å². The highest BCUT2D eigenvalue weighted by molar-refractivity contribution is 5.79. The van der Waals surface area contributed by atoms with Crippen LogP contribution in [0.4, 0.5) is 0 Å². The van der Waals surface area contributed by atoms with Crippen molar-refractivity contribution in [2.24, 2.45) is 0 Å². The van der Waals surface area contributed by atoms with Crippen molar-refractivity contribution in [2.45, 2.75) is 12.3 Å². The summed E-state index contributed by atoms with van der Waals surface area (Å²) in [5, 5.41) is 2.84. The second-order valence-electron chi connectivity index (χ2n) is 4.08. The normalized spacial score (nSPS) is 23.0. The van der Waals surface area contributed by atoms with Crippen LogP contribution in [0.5, 0.6) is 11.5 Å². The maximum atomic E-state index is 11.2. The molecule has 1 unspecified atom stereocenters. The molecule has 2 aliphatic heterocycles. The Kier molecular flexibility index (Phi) is 2.20. The molecule has 1 aromatic carbocycles. The summed E-state index contributed by atoms with van der Waals surface area (Å²) in [6.07, 6.45) is 0.541. The van der Waals surface area contributed by atoms with Crippen molar-refractivity contribution in [1.29, 1.82) is 0 Å². The van der Waals surface area contributed by atoms with Gasteiger partial charge in [-0.05, 0) is 6.07 Å². The number of nitrogens with one attached hydrogen (secondary N) is 1. The lowest BCUT2D eigenvalue weighted by molar-refractivity contribution is -0.119. The van der Waals surface area contributed by atoms with Crippen LogP contribution >= 0.6 is 0 Å². The lowest BCUT2D eigenvalue weighted by Gasteiger charge is -2.22. The minimum absolute atomic E-state index is 0.110. The van der Waals surface area contributed by atoms with E-state index in [4.69, 9.17) is 9.47 Å². The maximum Gasteiger partial charge on any atom is 0.220 e. The third-order valence-corrected chi connectivity index (χ3v) is 3.01. The van der Waals surface area contributed by atoms with Crippen molar-refractivity contribution < 1.29 is 14.3 Å². The monoisotopic (exact) mass is 219 g/mol. The molecule has 3 rings (SSSR count). The van der Waals surface area contributed by atoms with Crippen LogP contribution in [-0.4, -0.2) is 25.7 Å². The number of hydrogen-bond donors (Lipinski definition) is 1. The van der Waals surface area contributed by atoms with E-state index < -0.39 is 0 Å². The zero-order valence-electron chi connectivity index (χ0n) is 8.86. The fraction of sp³-hybridized carbons (Fsp3) is 0.417.